The van der Waals surface area contributed by atoms with Gasteiger partial charge < -0.3 is 9.98 Å². The van der Waals surface area contributed by atoms with Crippen molar-refractivity contribution in [3.8, 4) is 0 Å². The van der Waals surface area contributed by atoms with E-state index in [1.807, 2.05) is 11.5 Å². The fraction of sp³-hybridized carbons (Fsp3) is 0.250. The van der Waals surface area contributed by atoms with Gasteiger partial charge in [0.1, 0.15) is 10.7 Å². The third-order valence-electron chi connectivity index (χ3n) is 4.74. The van der Waals surface area contributed by atoms with Gasteiger partial charge in [-0.1, -0.05) is 31.2 Å². The van der Waals surface area contributed by atoms with Crippen molar-refractivity contribution < 1.29 is 12.8 Å². The maximum absolute atomic E-state index is 14.7. The summed E-state index contributed by atoms with van der Waals surface area (Å²) in [5.74, 6) is -0.596. The summed E-state index contributed by atoms with van der Waals surface area (Å²) in [5, 5.41) is 7.68. The summed E-state index contributed by atoms with van der Waals surface area (Å²) in [4.78, 5) is 0.154. The molecule has 0 aliphatic carbocycles. The van der Waals surface area contributed by atoms with Crippen molar-refractivity contribution in [1.29, 1.82) is 5.41 Å². The molecule has 3 rings (SSSR count). The molecule has 3 aromatic rings. The van der Waals surface area contributed by atoms with Gasteiger partial charge in [-0.25, -0.2) is 12.8 Å². The van der Waals surface area contributed by atoms with E-state index in [4.69, 9.17) is 5.41 Å². The van der Waals surface area contributed by atoms with Crippen LogP contribution >= 0.6 is 0 Å². The monoisotopic (exact) mass is 372 g/mol. The third kappa shape index (κ3) is 2.94. The quantitative estimate of drug-likeness (QED) is 0.643. The highest BCUT2D eigenvalue weighted by atomic mass is 32.2. The smallest absolute Gasteiger partial charge is 0.209 e. The molecule has 136 valence electrons. The second-order valence-corrected chi connectivity index (χ2v) is 8.20. The minimum Gasteiger partial charge on any atom is -0.343 e. The largest absolute Gasteiger partial charge is 0.343 e. The molecule has 0 aliphatic rings. The van der Waals surface area contributed by atoms with Crippen molar-refractivity contribution in [2.75, 3.05) is 0 Å². The number of nitrogens with zero attached hydrogens (tertiary/aromatic N) is 1. The molecule has 1 N–H and O–H groups in total. The predicted molar refractivity (Wildman–Crippen MR) is 101 cm³/mol. The SMILES string of the molecule is CCC(C=N)Cn1c(C)c(S(=O)(=O)c2ccccc2)c2c(F)cccc21. The molecule has 0 saturated carbocycles. The maximum atomic E-state index is 14.7. The number of halogens is 1. The Labute approximate surface area is 152 Å². The zero-order valence-corrected chi connectivity index (χ0v) is 15.6. The van der Waals surface area contributed by atoms with Gasteiger partial charge in [-0.05, 0) is 37.6 Å². The molecular weight excluding hydrogens is 351 g/mol. The molecule has 0 radical (unpaired) electrons. The fourth-order valence-corrected chi connectivity index (χ4v) is 4.98. The summed E-state index contributed by atoms with van der Waals surface area (Å²) < 4.78 is 42.9. The van der Waals surface area contributed by atoms with Crippen LogP contribution in [0.1, 0.15) is 19.0 Å². The Morgan fingerprint density at radius 3 is 2.46 bits per heavy atom. The van der Waals surface area contributed by atoms with E-state index in [0.717, 1.165) is 6.42 Å². The Hall–Kier alpha value is -2.47. The average Bonchev–Trinajstić information content (AvgIpc) is 2.94. The van der Waals surface area contributed by atoms with Crippen LogP contribution in [-0.2, 0) is 16.4 Å². The van der Waals surface area contributed by atoms with Gasteiger partial charge in [0.25, 0.3) is 0 Å². The van der Waals surface area contributed by atoms with Gasteiger partial charge in [-0.3, -0.25) is 0 Å². The first kappa shape index (κ1) is 18.3. The average molecular weight is 372 g/mol. The number of aromatic nitrogens is 1. The molecule has 0 amide bonds. The highest BCUT2D eigenvalue weighted by molar-refractivity contribution is 7.91. The topological polar surface area (TPSA) is 62.9 Å². The molecule has 0 spiro atoms. The number of sulfone groups is 1. The highest BCUT2D eigenvalue weighted by Gasteiger charge is 2.29. The summed E-state index contributed by atoms with van der Waals surface area (Å²) in [5.41, 5.74) is 1.03. The van der Waals surface area contributed by atoms with Crippen LogP contribution in [0.4, 0.5) is 4.39 Å². The van der Waals surface area contributed by atoms with Crippen LogP contribution in [0.2, 0.25) is 0 Å². The maximum Gasteiger partial charge on any atom is 0.209 e. The molecule has 6 heteroatoms. The van der Waals surface area contributed by atoms with Crippen molar-refractivity contribution in [3.63, 3.8) is 0 Å². The van der Waals surface area contributed by atoms with Gasteiger partial charge in [-0.2, -0.15) is 0 Å². The molecule has 0 saturated heterocycles. The molecule has 26 heavy (non-hydrogen) atoms. The number of hydrogen-bond acceptors (Lipinski definition) is 3. The first-order valence-corrected chi connectivity index (χ1v) is 9.98. The van der Waals surface area contributed by atoms with E-state index in [9.17, 15) is 12.8 Å². The summed E-state index contributed by atoms with van der Waals surface area (Å²) in [6, 6.07) is 12.7. The van der Waals surface area contributed by atoms with E-state index in [1.54, 1.807) is 37.3 Å². The number of hydrogen-bond donors (Lipinski definition) is 1. The Kier molecular flexibility index (Phi) is 4.96. The zero-order valence-electron chi connectivity index (χ0n) is 14.7. The Balaban J connectivity index is 2.33. The van der Waals surface area contributed by atoms with Gasteiger partial charge in [0.15, 0.2) is 0 Å². The van der Waals surface area contributed by atoms with Gasteiger partial charge in [0.05, 0.1) is 15.8 Å². The Morgan fingerprint density at radius 1 is 1.15 bits per heavy atom. The predicted octanol–water partition coefficient (Wildman–Crippen LogP) is 4.60. The summed E-state index contributed by atoms with van der Waals surface area (Å²) in [6.07, 6.45) is 2.11. The molecule has 0 bridgehead atoms. The van der Waals surface area contributed by atoms with Crippen LogP contribution in [0.25, 0.3) is 10.9 Å². The Morgan fingerprint density at radius 2 is 1.85 bits per heavy atom. The minimum absolute atomic E-state index is 0.0108. The van der Waals surface area contributed by atoms with E-state index in [0.29, 0.717) is 17.8 Å². The van der Waals surface area contributed by atoms with Crippen molar-refractivity contribution in [2.24, 2.45) is 5.92 Å². The van der Waals surface area contributed by atoms with Gasteiger partial charge in [-0.15, -0.1) is 0 Å². The lowest BCUT2D eigenvalue weighted by atomic mass is 10.1. The van der Waals surface area contributed by atoms with E-state index in [2.05, 4.69) is 0 Å². The van der Waals surface area contributed by atoms with Crippen LogP contribution in [0.3, 0.4) is 0 Å². The lowest BCUT2D eigenvalue weighted by molar-refractivity contribution is 0.549. The van der Waals surface area contributed by atoms with Crippen molar-refractivity contribution in [2.45, 2.75) is 36.6 Å². The molecule has 0 aliphatic heterocycles. The third-order valence-corrected chi connectivity index (χ3v) is 6.67. The zero-order chi connectivity index (χ0) is 18.9. The van der Waals surface area contributed by atoms with Crippen molar-refractivity contribution in [1.82, 2.24) is 4.57 Å². The second kappa shape index (κ2) is 7.03. The lowest BCUT2D eigenvalue weighted by Gasteiger charge is -2.14. The number of nitrogens with one attached hydrogen (secondary N) is 1. The van der Waals surface area contributed by atoms with E-state index in [-0.39, 0.29) is 21.1 Å². The molecule has 0 fully saturated rings. The van der Waals surface area contributed by atoms with Crippen LogP contribution in [0, 0.1) is 24.1 Å². The van der Waals surface area contributed by atoms with Gasteiger partial charge in [0, 0.05) is 24.4 Å². The molecular formula is C20H21FN2O2S. The number of benzene rings is 2. The highest BCUT2D eigenvalue weighted by Crippen LogP contribution is 2.35. The van der Waals surface area contributed by atoms with Gasteiger partial charge in [0.2, 0.25) is 9.84 Å². The summed E-state index contributed by atoms with van der Waals surface area (Å²) in [6.45, 7) is 4.11. The molecule has 1 heterocycles. The molecule has 2 aromatic carbocycles. The molecule has 1 atom stereocenters. The van der Waals surface area contributed by atoms with Crippen LogP contribution in [0.5, 0.6) is 0 Å². The number of rotatable bonds is 6. The van der Waals surface area contributed by atoms with Crippen LogP contribution < -0.4 is 0 Å². The van der Waals surface area contributed by atoms with E-state index < -0.39 is 15.7 Å². The van der Waals surface area contributed by atoms with Crippen LogP contribution in [-0.4, -0.2) is 19.2 Å². The molecule has 4 nitrogen and oxygen atoms in total. The van der Waals surface area contributed by atoms with Crippen molar-refractivity contribution >= 4 is 27.0 Å². The molecule has 1 aromatic heterocycles. The first-order valence-electron chi connectivity index (χ1n) is 8.49. The first-order chi connectivity index (χ1) is 12.4. The summed E-state index contributed by atoms with van der Waals surface area (Å²) >= 11 is 0. The Bertz CT molecular complexity index is 1060. The van der Waals surface area contributed by atoms with E-state index in [1.165, 1.54) is 24.4 Å². The van der Waals surface area contributed by atoms with Gasteiger partial charge >= 0.3 is 0 Å². The number of fused-ring (bicyclic) bond motifs is 1. The van der Waals surface area contributed by atoms with E-state index >= 15 is 0 Å². The van der Waals surface area contributed by atoms with Crippen LogP contribution in [0.15, 0.2) is 58.3 Å². The van der Waals surface area contributed by atoms with Crippen molar-refractivity contribution in [3.05, 3.63) is 60.0 Å². The fourth-order valence-electron chi connectivity index (χ4n) is 3.26. The molecule has 1 unspecified atom stereocenters. The standard InChI is InChI=1S/C20H21FN2O2S/c1-3-15(12-22)13-23-14(2)20(19-17(21)10-7-11-18(19)23)26(24,25)16-8-5-4-6-9-16/h4-12,15,22H,3,13H2,1-2H3. The minimum atomic E-state index is -3.87. The summed E-state index contributed by atoms with van der Waals surface area (Å²) in [7, 11) is -3.87. The lowest BCUT2D eigenvalue weighted by Crippen LogP contribution is -2.13. The second-order valence-electron chi connectivity index (χ2n) is 6.31. The normalized spacial score (nSPS) is 13.0.